The maximum Gasteiger partial charge on any atom is 0.337 e. The third-order valence-corrected chi connectivity index (χ3v) is 3.36. The molecule has 1 saturated heterocycles. The van der Waals surface area contributed by atoms with Gasteiger partial charge < -0.3 is 20.5 Å². The number of nitrogens with one attached hydrogen (secondary N) is 2. The summed E-state index contributed by atoms with van der Waals surface area (Å²) in [6.45, 7) is 0.747. The van der Waals surface area contributed by atoms with Crippen LogP contribution in [0, 0.1) is 0 Å². The van der Waals surface area contributed by atoms with Crippen molar-refractivity contribution in [1.82, 2.24) is 0 Å². The maximum absolute atomic E-state index is 12.1. The van der Waals surface area contributed by atoms with Gasteiger partial charge in [-0.1, -0.05) is 6.07 Å². The topological polar surface area (TPSA) is 87.7 Å². The Morgan fingerprint density at radius 2 is 2.28 bits per heavy atom. The predicted molar refractivity (Wildman–Crippen MR) is 63.8 cm³/mol. The molecule has 0 aliphatic carbocycles. The van der Waals surface area contributed by atoms with E-state index in [1.807, 2.05) is 0 Å². The Kier molecular flexibility index (Phi) is 2.27. The number of carbonyl (C=O) groups is 2. The predicted octanol–water partition coefficient (Wildman–Crippen LogP) is 0.908. The standard InChI is InChI=1S/C12H12N2O4/c15-10(16)7-2-1-3-8-9(7)14-12(11(17)13-8)4-5-18-6-12/h1-3,14H,4-6H2,(H,13,17)(H,15,16). The molecule has 0 saturated carbocycles. The van der Waals surface area contributed by atoms with Crippen LogP contribution in [0.15, 0.2) is 18.2 Å². The molecule has 1 atom stereocenters. The van der Waals surface area contributed by atoms with E-state index >= 15 is 0 Å². The molecule has 0 bridgehead atoms. The van der Waals surface area contributed by atoms with Gasteiger partial charge in [-0.3, -0.25) is 4.79 Å². The molecule has 1 unspecified atom stereocenters. The summed E-state index contributed by atoms with van der Waals surface area (Å²) >= 11 is 0. The molecule has 0 radical (unpaired) electrons. The Bertz CT molecular complexity index is 535. The average molecular weight is 248 g/mol. The summed E-state index contributed by atoms with van der Waals surface area (Å²) in [6, 6.07) is 4.79. The van der Waals surface area contributed by atoms with E-state index < -0.39 is 11.5 Å². The second kappa shape index (κ2) is 3.71. The van der Waals surface area contributed by atoms with Gasteiger partial charge >= 0.3 is 5.97 Å². The Hall–Kier alpha value is -2.08. The summed E-state index contributed by atoms with van der Waals surface area (Å²) in [5, 5.41) is 15.0. The molecule has 1 amide bonds. The van der Waals surface area contributed by atoms with Crippen LogP contribution in [0.5, 0.6) is 0 Å². The minimum absolute atomic E-state index is 0.152. The largest absolute Gasteiger partial charge is 0.478 e. The number of hydrogen-bond acceptors (Lipinski definition) is 4. The molecule has 6 heteroatoms. The van der Waals surface area contributed by atoms with Crippen molar-refractivity contribution in [2.75, 3.05) is 23.8 Å². The lowest BCUT2D eigenvalue weighted by molar-refractivity contribution is -0.120. The van der Waals surface area contributed by atoms with Gasteiger partial charge in [0.15, 0.2) is 0 Å². The minimum atomic E-state index is -1.02. The summed E-state index contributed by atoms with van der Waals surface area (Å²) in [4.78, 5) is 23.2. The van der Waals surface area contributed by atoms with Crippen LogP contribution in [-0.2, 0) is 9.53 Å². The van der Waals surface area contributed by atoms with Crippen LogP contribution in [0.2, 0.25) is 0 Å². The first-order chi connectivity index (χ1) is 8.62. The van der Waals surface area contributed by atoms with E-state index in [2.05, 4.69) is 10.6 Å². The second-order valence-electron chi connectivity index (χ2n) is 4.50. The van der Waals surface area contributed by atoms with Gasteiger partial charge in [-0.2, -0.15) is 0 Å². The van der Waals surface area contributed by atoms with Crippen molar-refractivity contribution in [2.24, 2.45) is 0 Å². The smallest absolute Gasteiger partial charge is 0.337 e. The fourth-order valence-corrected chi connectivity index (χ4v) is 2.35. The average Bonchev–Trinajstić information content (AvgIpc) is 2.79. The quantitative estimate of drug-likeness (QED) is 0.687. The first-order valence-electron chi connectivity index (χ1n) is 5.66. The Morgan fingerprint density at radius 3 is 2.94 bits per heavy atom. The first kappa shape index (κ1) is 11.0. The summed E-state index contributed by atoms with van der Waals surface area (Å²) in [5.74, 6) is -1.19. The molecule has 0 aromatic heterocycles. The zero-order valence-corrected chi connectivity index (χ0v) is 9.53. The van der Waals surface area contributed by atoms with Crippen LogP contribution in [0.25, 0.3) is 0 Å². The van der Waals surface area contributed by atoms with E-state index in [4.69, 9.17) is 9.84 Å². The highest BCUT2D eigenvalue weighted by molar-refractivity contribution is 6.10. The number of benzene rings is 1. The molecule has 3 rings (SSSR count). The van der Waals surface area contributed by atoms with E-state index in [0.29, 0.717) is 24.4 Å². The molecule has 2 aliphatic heterocycles. The SMILES string of the molecule is O=C(O)c1cccc2c1NC1(CCOC1)C(=O)N2. The second-order valence-corrected chi connectivity index (χ2v) is 4.50. The summed E-state index contributed by atoms with van der Waals surface area (Å²) in [6.07, 6.45) is 0.534. The number of ether oxygens (including phenoxy) is 1. The van der Waals surface area contributed by atoms with E-state index in [1.165, 1.54) is 6.07 Å². The van der Waals surface area contributed by atoms with Gasteiger partial charge in [-0.05, 0) is 12.1 Å². The van der Waals surface area contributed by atoms with E-state index in [0.717, 1.165) is 0 Å². The molecule has 2 heterocycles. The van der Waals surface area contributed by atoms with Crippen molar-refractivity contribution >= 4 is 23.3 Å². The molecule has 18 heavy (non-hydrogen) atoms. The number of carboxylic acid groups (broad SMARTS) is 1. The van der Waals surface area contributed by atoms with Crippen molar-refractivity contribution < 1.29 is 19.4 Å². The van der Waals surface area contributed by atoms with Crippen molar-refractivity contribution in [3.63, 3.8) is 0 Å². The van der Waals surface area contributed by atoms with Gasteiger partial charge in [0.1, 0.15) is 5.54 Å². The van der Waals surface area contributed by atoms with Gasteiger partial charge in [0.2, 0.25) is 0 Å². The number of hydrogen-bond donors (Lipinski definition) is 3. The molecule has 6 nitrogen and oxygen atoms in total. The monoisotopic (exact) mass is 248 g/mol. The van der Waals surface area contributed by atoms with Crippen LogP contribution in [0.1, 0.15) is 16.8 Å². The fourth-order valence-electron chi connectivity index (χ4n) is 2.35. The molecule has 1 spiro atoms. The number of anilines is 2. The van der Waals surface area contributed by atoms with Crippen LogP contribution in [0.4, 0.5) is 11.4 Å². The van der Waals surface area contributed by atoms with E-state index in [1.54, 1.807) is 12.1 Å². The van der Waals surface area contributed by atoms with Gasteiger partial charge in [0, 0.05) is 13.0 Å². The van der Waals surface area contributed by atoms with Crippen molar-refractivity contribution in [1.29, 1.82) is 0 Å². The number of fused-ring (bicyclic) bond motifs is 1. The molecular formula is C12H12N2O4. The van der Waals surface area contributed by atoms with Gasteiger partial charge in [-0.25, -0.2) is 4.79 Å². The summed E-state index contributed by atoms with van der Waals surface area (Å²) in [5.41, 5.74) is 0.268. The van der Waals surface area contributed by atoms with Gasteiger partial charge in [0.25, 0.3) is 5.91 Å². The Labute approximate surface area is 103 Å². The lowest BCUT2D eigenvalue weighted by atomic mass is 9.93. The van der Waals surface area contributed by atoms with E-state index in [9.17, 15) is 9.59 Å². The number of para-hydroxylation sites is 1. The minimum Gasteiger partial charge on any atom is -0.478 e. The molecule has 1 fully saturated rings. The fraction of sp³-hybridized carbons (Fsp3) is 0.333. The third kappa shape index (κ3) is 1.46. The number of carbonyl (C=O) groups excluding carboxylic acids is 1. The van der Waals surface area contributed by atoms with Crippen molar-refractivity contribution in [2.45, 2.75) is 12.0 Å². The molecule has 1 aromatic rings. The number of rotatable bonds is 1. The third-order valence-electron chi connectivity index (χ3n) is 3.36. The Morgan fingerprint density at radius 1 is 1.44 bits per heavy atom. The lowest BCUT2D eigenvalue weighted by Gasteiger charge is -2.35. The normalized spacial score (nSPS) is 25.4. The summed E-state index contributed by atoms with van der Waals surface area (Å²) < 4.78 is 5.25. The molecule has 94 valence electrons. The zero-order valence-electron chi connectivity index (χ0n) is 9.53. The highest BCUT2D eigenvalue weighted by Crippen LogP contribution is 2.37. The van der Waals surface area contributed by atoms with Crippen molar-refractivity contribution in [3.8, 4) is 0 Å². The lowest BCUT2D eigenvalue weighted by Crippen LogP contribution is -2.53. The maximum atomic E-state index is 12.1. The van der Waals surface area contributed by atoms with Crippen LogP contribution in [0.3, 0.4) is 0 Å². The number of amides is 1. The van der Waals surface area contributed by atoms with Crippen LogP contribution >= 0.6 is 0 Å². The number of aromatic carboxylic acids is 1. The first-order valence-corrected chi connectivity index (χ1v) is 5.66. The van der Waals surface area contributed by atoms with Gasteiger partial charge in [-0.15, -0.1) is 0 Å². The van der Waals surface area contributed by atoms with Crippen LogP contribution in [-0.4, -0.2) is 35.7 Å². The van der Waals surface area contributed by atoms with Crippen molar-refractivity contribution in [3.05, 3.63) is 23.8 Å². The molecule has 2 aliphatic rings. The van der Waals surface area contributed by atoms with Crippen LogP contribution < -0.4 is 10.6 Å². The zero-order chi connectivity index (χ0) is 12.8. The molecular weight excluding hydrogens is 236 g/mol. The van der Waals surface area contributed by atoms with Gasteiger partial charge in [0.05, 0.1) is 23.5 Å². The highest BCUT2D eigenvalue weighted by Gasteiger charge is 2.46. The number of carboxylic acids is 1. The summed E-state index contributed by atoms with van der Waals surface area (Å²) in [7, 11) is 0. The molecule has 3 N–H and O–H groups in total. The molecule has 1 aromatic carbocycles. The highest BCUT2D eigenvalue weighted by atomic mass is 16.5. The Balaban J connectivity index is 2.09. The van der Waals surface area contributed by atoms with E-state index in [-0.39, 0.29) is 18.1 Å².